The molecule has 1 heterocycles. The van der Waals surface area contributed by atoms with Crippen molar-refractivity contribution in [3.8, 4) is 11.6 Å². The smallest absolute Gasteiger partial charge is 0.256 e. The summed E-state index contributed by atoms with van der Waals surface area (Å²) in [7, 11) is 0. The number of nitrogens with zero attached hydrogens (tertiary/aromatic N) is 1. The topological polar surface area (TPSA) is 31.4 Å². The van der Waals surface area contributed by atoms with Gasteiger partial charge in [0.15, 0.2) is 5.75 Å². The van der Waals surface area contributed by atoms with Crippen LogP contribution in [0.5, 0.6) is 11.6 Å². The number of aryl methyl sites for hydroxylation is 1. The number of rotatable bonds is 5. The second kappa shape index (κ2) is 5.47. The van der Waals surface area contributed by atoms with Crippen LogP contribution in [-0.4, -0.2) is 18.2 Å². The molecule has 0 bridgehead atoms. The monoisotopic (exact) mass is 195 g/mol. The predicted molar refractivity (Wildman–Crippen MR) is 56.0 cm³/mol. The van der Waals surface area contributed by atoms with Gasteiger partial charge in [0.05, 0.1) is 13.2 Å². The highest BCUT2D eigenvalue weighted by Crippen LogP contribution is 2.25. The zero-order chi connectivity index (χ0) is 10.4. The Labute approximate surface area is 85.1 Å². The summed E-state index contributed by atoms with van der Waals surface area (Å²) in [5.74, 6) is 1.33. The Balaban J connectivity index is 2.91. The number of pyridine rings is 1. The van der Waals surface area contributed by atoms with Gasteiger partial charge in [0.2, 0.25) is 0 Å². The predicted octanol–water partition coefficient (Wildman–Crippen LogP) is 2.44. The average Bonchev–Trinajstić information content (AvgIpc) is 2.21. The molecule has 0 spiro atoms. The summed E-state index contributed by atoms with van der Waals surface area (Å²) in [6.07, 6.45) is 2.78. The van der Waals surface area contributed by atoms with E-state index in [2.05, 4.69) is 11.9 Å². The summed E-state index contributed by atoms with van der Waals surface area (Å²) in [5.41, 5.74) is 1.16. The zero-order valence-electron chi connectivity index (χ0n) is 9.04. The molecule has 0 amide bonds. The molecular formula is C11H17NO2. The first-order chi connectivity index (χ1) is 6.81. The third-order valence-electron chi connectivity index (χ3n) is 1.86. The van der Waals surface area contributed by atoms with E-state index in [1.54, 1.807) is 0 Å². The molecule has 0 saturated carbocycles. The van der Waals surface area contributed by atoms with Gasteiger partial charge in [-0.2, -0.15) is 0 Å². The van der Waals surface area contributed by atoms with Crippen LogP contribution in [0.4, 0.5) is 0 Å². The Morgan fingerprint density at radius 2 is 1.86 bits per heavy atom. The van der Waals surface area contributed by atoms with E-state index in [1.165, 1.54) is 0 Å². The van der Waals surface area contributed by atoms with Gasteiger partial charge in [0, 0.05) is 6.20 Å². The van der Waals surface area contributed by atoms with Gasteiger partial charge in [0.1, 0.15) is 0 Å². The molecule has 1 aromatic heterocycles. The first kappa shape index (κ1) is 10.8. The van der Waals surface area contributed by atoms with E-state index in [1.807, 2.05) is 26.1 Å². The van der Waals surface area contributed by atoms with Crippen molar-refractivity contribution in [2.45, 2.75) is 27.2 Å². The van der Waals surface area contributed by atoms with Crippen LogP contribution < -0.4 is 9.47 Å². The van der Waals surface area contributed by atoms with E-state index in [0.29, 0.717) is 19.1 Å². The van der Waals surface area contributed by atoms with Gasteiger partial charge in [-0.05, 0) is 31.9 Å². The lowest BCUT2D eigenvalue weighted by atomic mass is 10.2. The fourth-order valence-electron chi connectivity index (χ4n) is 1.17. The molecule has 0 fully saturated rings. The first-order valence-electron chi connectivity index (χ1n) is 5.06. The van der Waals surface area contributed by atoms with Crippen molar-refractivity contribution in [2.75, 3.05) is 13.2 Å². The Morgan fingerprint density at radius 1 is 1.14 bits per heavy atom. The Kier molecular flexibility index (Phi) is 4.23. The molecule has 0 saturated heterocycles. The van der Waals surface area contributed by atoms with Crippen molar-refractivity contribution in [1.82, 2.24) is 4.98 Å². The summed E-state index contributed by atoms with van der Waals surface area (Å²) in [6.45, 7) is 7.22. The van der Waals surface area contributed by atoms with Crippen LogP contribution in [0.25, 0.3) is 0 Å². The fraction of sp³-hybridized carbons (Fsp3) is 0.545. The molecule has 0 aliphatic heterocycles. The number of ether oxygens (including phenoxy) is 2. The number of hydrogen-bond acceptors (Lipinski definition) is 3. The summed E-state index contributed by atoms with van der Waals surface area (Å²) in [6, 6.07) is 1.99. The third kappa shape index (κ3) is 2.62. The molecule has 0 aromatic carbocycles. The SMILES string of the molecule is CCOc1cc(CC)cnc1OCC. The normalized spacial score (nSPS) is 9.93. The molecule has 0 aliphatic carbocycles. The molecule has 0 radical (unpaired) electrons. The van der Waals surface area contributed by atoms with Crippen molar-refractivity contribution in [2.24, 2.45) is 0 Å². The number of aromatic nitrogens is 1. The van der Waals surface area contributed by atoms with Gasteiger partial charge >= 0.3 is 0 Å². The summed E-state index contributed by atoms with van der Waals surface area (Å²) in [5, 5.41) is 0. The minimum atomic E-state index is 0.589. The highest BCUT2D eigenvalue weighted by atomic mass is 16.5. The van der Waals surface area contributed by atoms with E-state index >= 15 is 0 Å². The molecule has 0 aliphatic rings. The third-order valence-corrected chi connectivity index (χ3v) is 1.86. The lowest BCUT2D eigenvalue weighted by Crippen LogP contribution is -2.01. The maximum atomic E-state index is 5.44. The molecule has 3 nitrogen and oxygen atoms in total. The van der Waals surface area contributed by atoms with Gasteiger partial charge in [-0.15, -0.1) is 0 Å². The molecule has 0 atom stereocenters. The zero-order valence-corrected chi connectivity index (χ0v) is 9.04. The lowest BCUT2D eigenvalue weighted by molar-refractivity contribution is 0.278. The van der Waals surface area contributed by atoms with Crippen molar-refractivity contribution in [3.05, 3.63) is 17.8 Å². The second-order valence-electron chi connectivity index (χ2n) is 2.87. The van der Waals surface area contributed by atoms with Crippen LogP contribution in [0.3, 0.4) is 0 Å². The van der Waals surface area contributed by atoms with Gasteiger partial charge in [-0.25, -0.2) is 4.98 Å². The Hall–Kier alpha value is -1.25. The van der Waals surface area contributed by atoms with Gasteiger partial charge in [0.25, 0.3) is 5.88 Å². The lowest BCUT2D eigenvalue weighted by Gasteiger charge is -2.10. The minimum Gasteiger partial charge on any atom is -0.488 e. The Bertz CT molecular complexity index is 287. The minimum absolute atomic E-state index is 0.589. The van der Waals surface area contributed by atoms with E-state index in [-0.39, 0.29) is 0 Å². The van der Waals surface area contributed by atoms with Gasteiger partial charge < -0.3 is 9.47 Å². The van der Waals surface area contributed by atoms with Crippen molar-refractivity contribution in [1.29, 1.82) is 0 Å². The molecule has 1 aromatic rings. The average molecular weight is 195 g/mol. The van der Waals surface area contributed by atoms with Gasteiger partial charge in [-0.1, -0.05) is 6.92 Å². The van der Waals surface area contributed by atoms with E-state index in [0.717, 1.165) is 17.7 Å². The van der Waals surface area contributed by atoms with Crippen molar-refractivity contribution in [3.63, 3.8) is 0 Å². The summed E-state index contributed by atoms with van der Waals surface area (Å²) in [4.78, 5) is 4.21. The molecule has 0 N–H and O–H groups in total. The second-order valence-corrected chi connectivity index (χ2v) is 2.87. The molecule has 78 valence electrons. The van der Waals surface area contributed by atoms with E-state index < -0.39 is 0 Å². The highest BCUT2D eigenvalue weighted by Gasteiger charge is 2.06. The first-order valence-corrected chi connectivity index (χ1v) is 5.06. The molecule has 1 rings (SSSR count). The molecular weight excluding hydrogens is 178 g/mol. The van der Waals surface area contributed by atoms with Crippen molar-refractivity contribution < 1.29 is 9.47 Å². The molecule has 3 heteroatoms. The van der Waals surface area contributed by atoms with Crippen LogP contribution in [0.2, 0.25) is 0 Å². The van der Waals surface area contributed by atoms with Crippen LogP contribution in [0, 0.1) is 0 Å². The van der Waals surface area contributed by atoms with Crippen LogP contribution in [-0.2, 0) is 6.42 Å². The molecule has 0 unspecified atom stereocenters. The van der Waals surface area contributed by atoms with Crippen LogP contribution in [0.1, 0.15) is 26.3 Å². The van der Waals surface area contributed by atoms with E-state index in [4.69, 9.17) is 9.47 Å². The van der Waals surface area contributed by atoms with Crippen LogP contribution >= 0.6 is 0 Å². The highest BCUT2D eigenvalue weighted by molar-refractivity contribution is 5.36. The van der Waals surface area contributed by atoms with Crippen molar-refractivity contribution >= 4 is 0 Å². The largest absolute Gasteiger partial charge is 0.488 e. The fourth-order valence-corrected chi connectivity index (χ4v) is 1.17. The summed E-state index contributed by atoms with van der Waals surface area (Å²) >= 11 is 0. The Morgan fingerprint density at radius 3 is 2.43 bits per heavy atom. The number of hydrogen-bond donors (Lipinski definition) is 0. The van der Waals surface area contributed by atoms with Crippen LogP contribution in [0.15, 0.2) is 12.3 Å². The summed E-state index contributed by atoms with van der Waals surface area (Å²) < 4.78 is 10.8. The maximum Gasteiger partial charge on any atom is 0.256 e. The van der Waals surface area contributed by atoms with E-state index in [9.17, 15) is 0 Å². The van der Waals surface area contributed by atoms with Gasteiger partial charge in [-0.3, -0.25) is 0 Å². The quantitative estimate of drug-likeness (QED) is 0.723. The maximum absolute atomic E-state index is 5.44. The molecule has 14 heavy (non-hydrogen) atoms. The standard InChI is InChI=1S/C11H17NO2/c1-4-9-7-10(13-5-2)11(12-8-9)14-6-3/h7-8H,4-6H2,1-3H3.